The molecule has 1 aliphatic rings. The van der Waals surface area contributed by atoms with Crippen molar-refractivity contribution in [2.24, 2.45) is 17.6 Å². The molecule has 1 amide bonds. The molecule has 82 valence electrons. The molecule has 1 aliphatic carbocycles. The molecule has 1 rings (SSSR count). The van der Waals surface area contributed by atoms with E-state index >= 15 is 0 Å². The Bertz CT molecular complexity index is 190. The highest BCUT2D eigenvalue weighted by molar-refractivity contribution is 5.78. The monoisotopic (exact) mass is 198 g/mol. The Balaban J connectivity index is 2.16. The molecule has 0 aromatic heterocycles. The largest absolute Gasteiger partial charge is 0.353 e. The van der Waals surface area contributed by atoms with Gasteiger partial charge in [-0.3, -0.25) is 4.79 Å². The highest BCUT2D eigenvalue weighted by Gasteiger charge is 2.24. The van der Waals surface area contributed by atoms with E-state index in [0.29, 0.717) is 12.6 Å². The minimum Gasteiger partial charge on any atom is -0.353 e. The first-order valence-electron chi connectivity index (χ1n) is 5.64. The third kappa shape index (κ3) is 4.09. The quantitative estimate of drug-likeness (QED) is 0.675. The lowest BCUT2D eigenvalue weighted by molar-refractivity contribution is -0.125. The van der Waals surface area contributed by atoms with Gasteiger partial charge in [0, 0.05) is 12.0 Å². The first-order valence-corrected chi connectivity index (χ1v) is 5.64. The van der Waals surface area contributed by atoms with Crippen molar-refractivity contribution in [2.75, 3.05) is 6.54 Å². The van der Waals surface area contributed by atoms with E-state index in [0.717, 1.165) is 18.8 Å². The molecule has 0 radical (unpaired) electrons. The Morgan fingerprint density at radius 2 is 2.14 bits per heavy atom. The van der Waals surface area contributed by atoms with Gasteiger partial charge in [0.1, 0.15) is 0 Å². The molecular formula is C11H22N2O. The van der Waals surface area contributed by atoms with Crippen LogP contribution in [0.5, 0.6) is 0 Å². The second kappa shape index (κ2) is 5.35. The van der Waals surface area contributed by atoms with Gasteiger partial charge in [-0.05, 0) is 32.2 Å². The number of nitrogens with one attached hydrogen (secondary N) is 1. The molecule has 3 nitrogen and oxygen atoms in total. The second-order valence-electron chi connectivity index (χ2n) is 4.57. The van der Waals surface area contributed by atoms with Crippen LogP contribution in [0.1, 0.15) is 39.5 Å². The van der Waals surface area contributed by atoms with E-state index in [1.807, 2.05) is 6.92 Å². The van der Waals surface area contributed by atoms with Gasteiger partial charge in [0.2, 0.25) is 5.91 Å². The third-order valence-electron chi connectivity index (χ3n) is 2.82. The van der Waals surface area contributed by atoms with Crippen LogP contribution in [-0.2, 0) is 4.79 Å². The Morgan fingerprint density at radius 3 is 2.64 bits per heavy atom. The normalized spacial score (nSPS) is 20.2. The minimum absolute atomic E-state index is 0.0571. The molecule has 3 heteroatoms. The van der Waals surface area contributed by atoms with Crippen molar-refractivity contribution in [2.45, 2.75) is 45.6 Å². The maximum absolute atomic E-state index is 11.6. The summed E-state index contributed by atoms with van der Waals surface area (Å²) in [5.41, 5.74) is 5.41. The van der Waals surface area contributed by atoms with Gasteiger partial charge >= 0.3 is 0 Å². The summed E-state index contributed by atoms with van der Waals surface area (Å²) in [6, 6.07) is 0.329. The Labute approximate surface area is 86.4 Å². The second-order valence-corrected chi connectivity index (χ2v) is 4.57. The average Bonchev–Trinajstić information content (AvgIpc) is 2.88. The van der Waals surface area contributed by atoms with E-state index in [2.05, 4.69) is 12.2 Å². The fraction of sp³-hybridized carbons (Fsp3) is 0.909. The first-order chi connectivity index (χ1) is 6.63. The summed E-state index contributed by atoms with van der Waals surface area (Å²) in [4.78, 5) is 11.6. The molecule has 14 heavy (non-hydrogen) atoms. The zero-order chi connectivity index (χ0) is 10.6. The number of nitrogens with two attached hydrogens (primary N) is 1. The fourth-order valence-corrected chi connectivity index (χ4v) is 1.68. The van der Waals surface area contributed by atoms with Crippen LogP contribution in [0.3, 0.4) is 0 Å². The predicted molar refractivity (Wildman–Crippen MR) is 57.8 cm³/mol. The number of carbonyl (C=O) groups excluding carboxylic acids is 1. The molecule has 3 N–H and O–H groups in total. The summed E-state index contributed by atoms with van der Waals surface area (Å²) in [6.07, 6.45) is 4.61. The van der Waals surface area contributed by atoms with Gasteiger partial charge < -0.3 is 11.1 Å². The summed E-state index contributed by atoms with van der Waals surface area (Å²) in [7, 11) is 0. The van der Waals surface area contributed by atoms with Gasteiger partial charge in [0.05, 0.1) is 0 Å². The molecule has 0 aromatic rings. The lowest BCUT2D eigenvalue weighted by Gasteiger charge is -2.16. The Morgan fingerprint density at radius 1 is 1.50 bits per heavy atom. The number of amides is 1. The number of hydrogen-bond acceptors (Lipinski definition) is 2. The van der Waals surface area contributed by atoms with Crippen LogP contribution in [-0.4, -0.2) is 18.5 Å². The molecule has 0 bridgehead atoms. The maximum atomic E-state index is 11.6. The van der Waals surface area contributed by atoms with Crippen LogP contribution in [0.25, 0.3) is 0 Å². The highest BCUT2D eigenvalue weighted by Crippen LogP contribution is 2.33. The van der Waals surface area contributed by atoms with Gasteiger partial charge in [-0.2, -0.15) is 0 Å². The lowest BCUT2D eigenvalue weighted by atomic mass is 10.1. The SMILES string of the molecule is CC(CC1CC1)NC(=O)C(C)CCN. The summed E-state index contributed by atoms with van der Waals surface area (Å²) >= 11 is 0. The maximum Gasteiger partial charge on any atom is 0.223 e. The zero-order valence-electron chi connectivity index (χ0n) is 9.25. The fourth-order valence-electron chi connectivity index (χ4n) is 1.68. The predicted octanol–water partition coefficient (Wildman–Crippen LogP) is 1.28. The molecule has 0 saturated heterocycles. The van der Waals surface area contributed by atoms with E-state index in [1.54, 1.807) is 0 Å². The topological polar surface area (TPSA) is 55.1 Å². The van der Waals surface area contributed by atoms with Crippen molar-refractivity contribution in [1.82, 2.24) is 5.32 Å². The van der Waals surface area contributed by atoms with Gasteiger partial charge in [0.15, 0.2) is 0 Å². The van der Waals surface area contributed by atoms with Crippen molar-refractivity contribution in [3.63, 3.8) is 0 Å². The van der Waals surface area contributed by atoms with Crippen LogP contribution in [0.15, 0.2) is 0 Å². The van der Waals surface area contributed by atoms with E-state index < -0.39 is 0 Å². The molecule has 0 aliphatic heterocycles. The Hall–Kier alpha value is -0.570. The van der Waals surface area contributed by atoms with E-state index in [1.165, 1.54) is 12.8 Å². The number of rotatable bonds is 6. The van der Waals surface area contributed by atoms with Crippen molar-refractivity contribution < 1.29 is 4.79 Å². The van der Waals surface area contributed by atoms with Crippen LogP contribution in [0.2, 0.25) is 0 Å². The van der Waals surface area contributed by atoms with E-state index in [9.17, 15) is 4.79 Å². The number of hydrogen-bond donors (Lipinski definition) is 2. The molecule has 1 fully saturated rings. The van der Waals surface area contributed by atoms with Gasteiger partial charge in [-0.15, -0.1) is 0 Å². The van der Waals surface area contributed by atoms with Crippen molar-refractivity contribution >= 4 is 5.91 Å². The number of carbonyl (C=O) groups is 1. The standard InChI is InChI=1S/C11H22N2O/c1-8(5-6-12)11(14)13-9(2)7-10-3-4-10/h8-10H,3-7,12H2,1-2H3,(H,13,14). The molecular weight excluding hydrogens is 176 g/mol. The van der Waals surface area contributed by atoms with Crippen LogP contribution in [0.4, 0.5) is 0 Å². The molecule has 0 aromatic carbocycles. The molecule has 0 spiro atoms. The highest BCUT2D eigenvalue weighted by atomic mass is 16.1. The average molecular weight is 198 g/mol. The van der Waals surface area contributed by atoms with Crippen molar-refractivity contribution in [3.8, 4) is 0 Å². The van der Waals surface area contributed by atoms with Crippen molar-refractivity contribution in [1.29, 1.82) is 0 Å². The van der Waals surface area contributed by atoms with Crippen molar-refractivity contribution in [3.05, 3.63) is 0 Å². The van der Waals surface area contributed by atoms with E-state index in [-0.39, 0.29) is 11.8 Å². The summed E-state index contributed by atoms with van der Waals surface area (Å²) in [5.74, 6) is 1.08. The molecule has 2 unspecified atom stereocenters. The third-order valence-corrected chi connectivity index (χ3v) is 2.82. The Kier molecular flexibility index (Phi) is 4.39. The van der Waals surface area contributed by atoms with Crippen LogP contribution < -0.4 is 11.1 Å². The zero-order valence-corrected chi connectivity index (χ0v) is 9.25. The van der Waals surface area contributed by atoms with Crippen LogP contribution >= 0.6 is 0 Å². The smallest absolute Gasteiger partial charge is 0.223 e. The van der Waals surface area contributed by atoms with Gasteiger partial charge in [0.25, 0.3) is 0 Å². The van der Waals surface area contributed by atoms with Gasteiger partial charge in [-0.25, -0.2) is 0 Å². The van der Waals surface area contributed by atoms with E-state index in [4.69, 9.17) is 5.73 Å². The minimum atomic E-state index is 0.0571. The first kappa shape index (κ1) is 11.5. The summed E-state index contributed by atoms with van der Waals surface area (Å²) in [5, 5.41) is 3.04. The summed E-state index contributed by atoms with van der Waals surface area (Å²) in [6.45, 7) is 4.61. The molecule has 2 atom stereocenters. The van der Waals surface area contributed by atoms with Gasteiger partial charge in [-0.1, -0.05) is 19.8 Å². The molecule has 0 heterocycles. The summed E-state index contributed by atoms with van der Waals surface area (Å²) < 4.78 is 0. The molecule has 1 saturated carbocycles. The van der Waals surface area contributed by atoms with Crippen LogP contribution in [0, 0.1) is 11.8 Å². The lowest BCUT2D eigenvalue weighted by Crippen LogP contribution is -2.37.